The Bertz CT molecular complexity index is 710. The average Bonchev–Trinajstić information content (AvgIpc) is 2.55. The molecule has 7 heteroatoms. The highest BCUT2D eigenvalue weighted by Crippen LogP contribution is 2.28. The molecule has 2 aromatic rings. The van der Waals surface area contributed by atoms with Crippen molar-refractivity contribution in [1.82, 2.24) is 10.9 Å². The van der Waals surface area contributed by atoms with Crippen molar-refractivity contribution in [3.8, 4) is 5.75 Å². The van der Waals surface area contributed by atoms with Gasteiger partial charge in [0.25, 0.3) is 11.8 Å². The van der Waals surface area contributed by atoms with Crippen molar-refractivity contribution in [1.29, 1.82) is 0 Å². The molecule has 2 rings (SSSR count). The normalized spacial score (nSPS) is 11.4. The average molecular weight is 398 g/mol. The number of hydrazine groups is 1. The van der Waals surface area contributed by atoms with E-state index in [9.17, 15) is 9.59 Å². The predicted octanol–water partition coefficient (Wildman–Crippen LogP) is 3.33. The maximum atomic E-state index is 12.0. The van der Waals surface area contributed by atoms with Crippen molar-refractivity contribution in [2.75, 3.05) is 0 Å². The molecule has 0 aliphatic rings. The molecule has 0 aromatic heterocycles. The predicted molar refractivity (Wildman–Crippen MR) is 91.3 cm³/mol. The van der Waals surface area contributed by atoms with Crippen molar-refractivity contribution in [3.63, 3.8) is 0 Å². The number of carbonyl (C=O) groups excluding carboxylic acids is 2. The van der Waals surface area contributed by atoms with Gasteiger partial charge in [-0.25, -0.2) is 0 Å². The van der Waals surface area contributed by atoms with E-state index in [4.69, 9.17) is 16.3 Å². The van der Waals surface area contributed by atoms with Gasteiger partial charge in [0.15, 0.2) is 6.10 Å². The third-order valence-corrected chi connectivity index (χ3v) is 3.76. The van der Waals surface area contributed by atoms with Crippen LogP contribution in [-0.4, -0.2) is 17.9 Å². The Labute approximate surface area is 147 Å². The molecule has 0 bridgehead atoms. The van der Waals surface area contributed by atoms with Crippen LogP contribution in [0.5, 0.6) is 5.75 Å². The Balaban J connectivity index is 1.89. The summed E-state index contributed by atoms with van der Waals surface area (Å²) in [5.74, 6) is -0.401. The van der Waals surface area contributed by atoms with E-state index in [0.717, 1.165) is 0 Å². The number of carbonyl (C=O) groups is 2. The molecular formula is C16H14BrClN2O3. The zero-order chi connectivity index (χ0) is 16.8. The zero-order valence-electron chi connectivity index (χ0n) is 12.2. The molecular weight excluding hydrogens is 384 g/mol. The largest absolute Gasteiger partial charge is 0.480 e. The van der Waals surface area contributed by atoms with E-state index in [1.165, 1.54) is 0 Å². The molecule has 5 nitrogen and oxygen atoms in total. The first kappa shape index (κ1) is 17.3. The molecule has 23 heavy (non-hydrogen) atoms. The molecule has 0 aliphatic carbocycles. The first-order valence-corrected chi connectivity index (χ1v) is 7.91. The fourth-order valence-electron chi connectivity index (χ4n) is 1.70. The third kappa shape index (κ3) is 4.97. The van der Waals surface area contributed by atoms with Gasteiger partial charge in [0, 0.05) is 10.6 Å². The number of benzene rings is 2. The minimum atomic E-state index is -0.802. The topological polar surface area (TPSA) is 67.4 Å². The number of hydrogen-bond donors (Lipinski definition) is 2. The Hall–Kier alpha value is -2.05. The highest BCUT2D eigenvalue weighted by atomic mass is 79.9. The van der Waals surface area contributed by atoms with Crippen molar-refractivity contribution in [3.05, 3.63) is 63.6 Å². The SMILES string of the molecule is CC(Oc1ccc(Cl)cc1Br)C(=O)NNC(=O)c1ccccc1. The van der Waals surface area contributed by atoms with E-state index in [1.54, 1.807) is 55.5 Å². The van der Waals surface area contributed by atoms with Gasteiger partial charge in [-0.3, -0.25) is 20.4 Å². The fourth-order valence-corrected chi connectivity index (χ4v) is 2.47. The van der Waals surface area contributed by atoms with Gasteiger partial charge in [0.05, 0.1) is 4.47 Å². The minimum absolute atomic E-state index is 0.404. The summed E-state index contributed by atoms with van der Waals surface area (Å²) in [5.41, 5.74) is 5.11. The third-order valence-electron chi connectivity index (χ3n) is 2.90. The number of amides is 2. The maximum absolute atomic E-state index is 12.0. The van der Waals surface area contributed by atoms with Crippen LogP contribution < -0.4 is 15.6 Å². The summed E-state index contributed by atoms with van der Waals surface area (Å²) < 4.78 is 6.17. The van der Waals surface area contributed by atoms with Crippen LogP contribution in [0.4, 0.5) is 0 Å². The fraction of sp³-hybridized carbons (Fsp3) is 0.125. The van der Waals surface area contributed by atoms with E-state index in [-0.39, 0.29) is 0 Å². The van der Waals surface area contributed by atoms with Gasteiger partial charge in [-0.05, 0) is 53.2 Å². The lowest BCUT2D eigenvalue weighted by Gasteiger charge is -2.16. The molecule has 1 unspecified atom stereocenters. The number of hydrogen-bond acceptors (Lipinski definition) is 3. The number of rotatable bonds is 4. The Morgan fingerprint density at radius 2 is 1.83 bits per heavy atom. The van der Waals surface area contributed by atoms with Crippen LogP contribution in [-0.2, 0) is 4.79 Å². The summed E-state index contributed by atoms with van der Waals surface area (Å²) in [7, 11) is 0. The van der Waals surface area contributed by atoms with E-state index in [0.29, 0.717) is 20.8 Å². The van der Waals surface area contributed by atoms with Gasteiger partial charge in [-0.15, -0.1) is 0 Å². The van der Waals surface area contributed by atoms with Crippen molar-refractivity contribution in [2.24, 2.45) is 0 Å². The maximum Gasteiger partial charge on any atom is 0.279 e. The van der Waals surface area contributed by atoms with Crippen LogP contribution >= 0.6 is 27.5 Å². The lowest BCUT2D eigenvalue weighted by Crippen LogP contribution is -2.47. The molecule has 0 aliphatic heterocycles. The van der Waals surface area contributed by atoms with Crippen molar-refractivity contribution in [2.45, 2.75) is 13.0 Å². The quantitative estimate of drug-likeness (QED) is 0.778. The number of halogens is 2. The smallest absolute Gasteiger partial charge is 0.279 e. The minimum Gasteiger partial charge on any atom is -0.480 e. The van der Waals surface area contributed by atoms with Gasteiger partial charge in [-0.1, -0.05) is 29.8 Å². The molecule has 0 fully saturated rings. The van der Waals surface area contributed by atoms with Gasteiger partial charge in [0.2, 0.25) is 0 Å². The van der Waals surface area contributed by atoms with Crippen molar-refractivity contribution >= 4 is 39.3 Å². The van der Waals surface area contributed by atoms with Gasteiger partial charge in [0.1, 0.15) is 5.75 Å². The number of nitrogens with one attached hydrogen (secondary N) is 2. The summed E-state index contributed by atoms with van der Waals surface area (Å²) in [6.07, 6.45) is -0.802. The Kier molecular flexibility index (Phi) is 6.01. The van der Waals surface area contributed by atoms with E-state index < -0.39 is 17.9 Å². The Morgan fingerprint density at radius 3 is 2.48 bits per heavy atom. The molecule has 0 saturated carbocycles. The van der Waals surface area contributed by atoms with Crippen LogP contribution in [0.2, 0.25) is 5.02 Å². The van der Waals surface area contributed by atoms with Crippen LogP contribution in [0.15, 0.2) is 53.0 Å². The van der Waals surface area contributed by atoms with Crippen LogP contribution in [0, 0.1) is 0 Å². The molecule has 1 atom stereocenters. The van der Waals surface area contributed by atoms with Crippen molar-refractivity contribution < 1.29 is 14.3 Å². The van der Waals surface area contributed by atoms with E-state index in [1.807, 2.05) is 0 Å². The van der Waals surface area contributed by atoms with Gasteiger partial charge in [-0.2, -0.15) is 0 Å². The van der Waals surface area contributed by atoms with Crippen LogP contribution in [0.3, 0.4) is 0 Å². The molecule has 2 N–H and O–H groups in total. The Morgan fingerprint density at radius 1 is 1.13 bits per heavy atom. The monoisotopic (exact) mass is 396 g/mol. The molecule has 2 amide bonds. The standard InChI is InChI=1S/C16H14BrClN2O3/c1-10(23-14-8-7-12(18)9-13(14)17)15(21)19-20-16(22)11-5-3-2-4-6-11/h2-10H,1H3,(H,19,21)(H,20,22). The second-order valence-electron chi connectivity index (χ2n) is 4.64. The summed E-state index contributed by atoms with van der Waals surface area (Å²) >= 11 is 9.15. The van der Waals surface area contributed by atoms with Crippen LogP contribution in [0.1, 0.15) is 17.3 Å². The lowest BCUT2D eigenvalue weighted by atomic mass is 10.2. The van der Waals surface area contributed by atoms with Gasteiger partial charge < -0.3 is 4.74 Å². The molecule has 0 saturated heterocycles. The first-order valence-electron chi connectivity index (χ1n) is 6.74. The zero-order valence-corrected chi connectivity index (χ0v) is 14.5. The molecule has 0 heterocycles. The highest BCUT2D eigenvalue weighted by molar-refractivity contribution is 9.10. The second kappa shape index (κ2) is 7.99. The van der Waals surface area contributed by atoms with Gasteiger partial charge >= 0.3 is 0 Å². The highest BCUT2D eigenvalue weighted by Gasteiger charge is 2.17. The van der Waals surface area contributed by atoms with Crippen LogP contribution in [0.25, 0.3) is 0 Å². The molecule has 0 radical (unpaired) electrons. The number of ether oxygens (including phenoxy) is 1. The molecule has 120 valence electrons. The second-order valence-corrected chi connectivity index (χ2v) is 5.93. The summed E-state index contributed by atoms with van der Waals surface area (Å²) in [6, 6.07) is 13.5. The first-order chi connectivity index (χ1) is 11.0. The van der Waals surface area contributed by atoms with E-state index >= 15 is 0 Å². The molecule has 2 aromatic carbocycles. The molecule has 0 spiro atoms. The lowest BCUT2D eigenvalue weighted by molar-refractivity contribution is -0.128. The summed E-state index contributed by atoms with van der Waals surface area (Å²) in [6.45, 7) is 1.57. The summed E-state index contributed by atoms with van der Waals surface area (Å²) in [4.78, 5) is 23.8. The summed E-state index contributed by atoms with van der Waals surface area (Å²) in [5, 5.41) is 0.552. The van der Waals surface area contributed by atoms with E-state index in [2.05, 4.69) is 26.8 Å².